The molecular weight excluding hydrogens is 316 g/mol. The Kier molecular flexibility index (Phi) is 4.56. The van der Waals surface area contributed by atoms with Gasteiger partial charge >= 0.3 is 0 Å². The molecule has 4 nitrogen and oxygen atoms in total. The van der Waals surface area contributed by atoms with Crippen LogP contribution in [-0.4, -0.2) is 19.9 Å². The van der Waals surface area contributed by atoms with E-state index in [1.165, 1.54) is 12.4 Å². The Morgan fingerprint density at radius 2 is 2.00 bits per heavy atom. The third kappa shape index (κ3) is 3.36. The molecule has 0 aliphatic heterocycles. The summed E-state index contributed by atoms with van der Waals surface area (Å²) < 4.78 is 15.3. The fourth-order valence-electron chi connectivity index (χ4n) is 2.17. The quantitative estimate of drug-likeness (QED) is 0.868. The summed E-state index contributed by atoms with van der Waals surface area (Å²) in [4.78, 5) is 4.15. The summed E-state index contributed by atoms with van der Waals surface area (Å²) in [5.41, 5.74) is -1.12. The number of aliphatic hydroxyl groups is 1. The standard InChI is InChI=1S/C14H16Cl2FN3O/c1-8(2)20-13(18-7-19-20)6-14(3,21)9-4-12(17)11(16)5-10(9)15/h4-5,7-8,21H,6H2,1-3H3. The Morgan fingerprint density at radius 1 is 1.33 bits per heavy atom. The van der Waals surface area contributed by atoms with E-state index in [0.29, 0.717) is 5.82 Å². The molecule has 1 heterocycles. The number of aromatic nitrogens is 3. The Labute approximate surface area is 132 Å². The lowest BCUT2D eigenvalue weighted by atomic mass is 9.92. The monoisotopic (exact) mass is 331 g/mol. The van der Waals surface area contributed by atoms with E-state index >= 15 is 0 Å². The molecule has 1 aromatic heterocycles. The first-order valence-corrected chi connectivity index (χ1v) is 7.23. The molecule has 21 heavy (non-hydrogen) atoms. The highest BCUT2D eigenvalue weighted by atomic mass is 35.5. The molecule has 1 aromatic carbocycles. The van der Waals surface area contributed by atoms with Crippen molar-refractivity contribution in [3.8, 4) is 0 Å². The molecule has 0 saturated heterocycles. The maximum atomic E-state index is 13.6. The van der Waals surface area contributed by atoms with Gasteiger partial charge in [-0.2, -0.15) is 5.10 Å². The molecule has 0 bridgehead atoms. The average Bonchev–Trinajstić information content (AvgIpc) is 2.81. The van der Waals surface area contributed by atoms with Gasteiger partial charge in [0.05, 0.1) is 10.6 Å². The fourth-order valence-corrected chi connectivity index (χ4v) is 2.76. The zero-order chi connectivity index (χ0) is 15.8. The van der Waals surface area contributed by atoms with Crippen molar-refractivity contribution in [1.82, 2.24) is 14.8 Å². The summed E-state index contributed by atoms with van der Waals surface area (Å²) in [5, 5.41) is 14.9. The van der Waals surface area contributed by atoms with Crippen LogP contribution in [0, 0.1) is 5.82 Å². The van der Waals surface area contributed by atoms with Gasteiger partial charge in [-0.05, 0) is 32.9 Å². The summed E-state index contributed by atoms with van der Waals surface area (Å²) in [5.74, 6) is -0.0249. The molecule has 1 atom stereocenters. The topological polar surface area (TPSA) is 50.9 Å². The van der Waals surface area contributed by atoms with Crippen molar-refractivity contribution < 1.29 is 9.50 Å². The molecule has 2 rings (SSSR count). The molecular formula is C14H16Cl2FN3O. The van der Waals surface area contributed by atoms with E-state index in [4.69, 9.17) is 23.2 Å². The predicted molar refractivity (Wildman–Crippen MR) is 80.1 cm³/mol. The van der Waals surface area contributed by atoms with Crippen LogP contribution in [0.25, 0.3) is 0 Å². The molecule has 0 amide bonds. The van der Waals surface area contributed by atoms with Crippen LogP contribution in [0.15, 0.2) is 18.5 Å². The summed E-state index contributed by atoms with van der Waals surface area (Å²) in [6.07, 6.45) is 1.58. The Balaban J connectivity index is 2.38. The molecule has 0 radical (unpaired) electrons. The zero-order valence-electron chi connectivity index (χ0n) is 11.9. The van der Waals surface area contributed by atoms with Crippen molar-refractivity contribution in [3.63, 3.8) is 0 Å². The first-order chi connectivity index (χ1) is 9.72. The van der Waals surface area contributed by atoms with Crippen LogP contribution in [-0.2, 0) is 12.0 Å². The maximum absolute atomic E-state index is 13.6. The van der Waals surface area contributed by atoms with Crippen LogP contribution >= 0.6 is 23.2 Å². The van der Waals surface area contributed by atoms with Gasteiger partial charge in [0, 0.05) is 23.0 Å². The lowest BCUT2D eigenvalue weighted by Gasteiger charge is -2.25. The van der Waals surface area contributed by atoms with Crippen molar-refractivity contribution >= 4 is 23.2 Å². The van der Waals surface area contributed by atoms with Crippen LogP contribution in [0.2, 0.25) is 10.0 Å². The van der Waals surface area contributed by atoms with Crippen LogP contribution in [0.1, 0.15) is 38.2 Å². The predicted octanol–water partition coefficient (Wildman–Crippen LogP) is 3.76. The molecule has 0 aliphatic carbocycles. The van der Waals surface area contributed by atoms with Gasteiger partial charge in [-0.25, -0.2) is 14.1 Å². The molecule has 1 N–H and O–H groups in total. The van der Waals surface area contributed by atoms with E-state index in [1.54, 1.807) is 11.6 Å². The second-order valence-electron chi connectivity index (χ2n) is 5.41. The Bertz CT molecular complexity index is 656. The van der Waals surface area contributed by atoms with E-state index in [-0.39, 0.29) is 28.1 Å². The molecule has 7 heteroatoms. The van der Waals surface area contributed by atoms with Gasteiger partial charge in [-0.1, -0.05) is 23.2 Å². The molecule has 114 valence electrons. The van der Waals surface area contributed by atoms with E-state index in [1.807, 2.05) is 13.8 Å². The zero-order valence-corrected chi connectivity index (χ0v) is 13.5. The highest BCUT2D eigenvalue weighted by Gasteiger charge is 2.30. The Hall–Kier alpha value is -1.17. The lowest BCUT2D eigenvalue weighted by molar-refractivity contribution is 0.0537. The number of nitrogens with zero attached hydrogens (tertiary/aromatic N) is 3. The molecule has 2 aromatic rings. The molecule has 1 unspecified atom stereocenters. The summed E-state index contributed by atoms with van der Waals surface area (Å²) in [6, 6.07) is 2.55. The molecule has 0 spiro atoms. The van der Waals surface area contributed by atoms with E-state index in [0.717, 1.165) is 6.07 Å². The summed E-state index contributed by atoms with van der Waals surface area (Å²) in [6.45, 7) is 5.48. The van der Waals surface area contributed by atoms with Crippen molar-refractivity contribution in [2.45, 2.75) is 38.8 Å². The number of rotatable bonds is 4. The second kappa shape index (κ2) is 5.91. The van der Waals surface area contributed by atoms with Gasteiger partial charge < -0.3 is 5.11 Å². The third-order valence-corrected chi connectivity index (χ3v) is 3.83. The number of benzene rings is 1. The minimum atomic E-state index is -1.39. The van der Waals surface area contributed by atoms with E-state index in [9.17, 15) is 9.50 Å². The SMILES string of the molecule is CC(C)n1ncnc1CC(C)(O)c1cc(F)c(Cl)cc1Cl. The number of hydrogen-bond donors (Lipinski definition) is 1. The van der Waals surface area contributed by atoms with Gasteiger partial charge in [0.15, 0.2) is 0 Å². The molecule has 0 saturated carbocycles. The van der Waals surface area contributed by atoms with Crippen molar-refractivity contribution in [2.24, 2.45) is 0 Å². The smallest absolute Gasteiger partial charge is 0.142 e. The first kappa shape index (κ1) is 16.2. The van der Waals surface area contributed by atoms with Crippen LogP contribution < -0.4 is 0 Å². The highest BCUT2D eigenvalue weighted by molar-refractivity contribution is 6.35. The minimum Gasteiger partial charge on any atom is -0.385 e. The first-order valence-electron chi connectivity index (χ1n) is 6.48. The largest absolute Gasteiger partial charge is 0.385 e. The van der Waals surface area contributed by atoms with E-state index < -0.39 is 11.4 Å². The summed E-state index contributed by atoms with van der Waals surface area (Å²) >= 11 is 11.8. The van der Waals surface area contributed by atoms with E-state index in [2.05, 4.69) is 10.1 Å². The van der Waals surface area contributed by atoms with Gasteiger partial charge in [0.2, 0.25) is 0 Å². The Morgan fingerprint density at radius 3 is 2.62 bits per heavy atom. The van der Waals surface area contributed by atoms with Crippen molar-refractivity contribution in [3.05, 3.63) is 45.7 Å². The fraction of sp³-hybridized carbons (Fsp3) is 0.429. The third-order valence-electron chi connectivity index (χ3n) is 3.23. The number of halogens is 3. The molecule has 0 fully saturated rings. The van der Waals surface area contributed by atoms with Crippen molar-refractivity contribution in [1.29, 1.82) is 0 Å². The van der Waals surface area contributed by atoms with Gasteiger partial charge in [-0.15, -0.1) is 0 Å². The summed E-state index contributed by atoms with van der Waals surface area (Å²) in [7, 11) is 0. The highest BCUT2D eigenvalue weighted by Crippen LogP contribution is 2.34. The van der Waals surface area contributed by atoms with Crippen LogP contribution in [0.4, 0.5) is 4.39 Å². The van der Waals surface area contributed by atoms with Crippen LogP contribution in [0.5, 0.6) is 0 Å². The number of hydrogen-bond acceptors (Lipinski definition) is 3. The lowest BCUT2D eigenvalue weighted by Crippen LogP contribution is -2.27. The maximum Gasteiger partial charge on any atom is 0.142 e. The average molecular weight is 332 g/mol. The van der Waals surface area contributed by atoms with Gasteiger partial charge in [-0.3, -0.25) is 0 Å². The van der Waals surface area contributed by atoms with Gasteiger partial charge in [0.1, 0.15) is 18.0 Å². The minimum absolute atomic E-state index is 0.0788. The second-order valence-corrected chi connectivity index (χ2v) is 6.23. The normalized spacial score (nSPS) is 14.5. The van der Waals surface area contributed by atoms with Gasteiger partial charge in [0.25, 0.3) is 0 Å². The van der Waals surface area contributed by atoms with Crippen molar-refractivity contribution in [2.75, 3.05) is 0 Å². The van der Waals surface area contributed by atoms with Crippen LogP contribution in [0.3, 0.4) is 0 Å². The molecule has 0 aliphatic rings.